The summed E-state index contributed by atoms with van der Waals surface area (Å²) < 4.78 is 0. The minimum absolute atomic E-state index is 0.0162. The summed E-state index contributed by atoms with van der Waals surface area (Å²) in [5.41, 5.74) is 5.06. The van der Waals surface area contributed by atoms with Crippen molar-refractivity contribution in [2.75, 3.05) is 6.54 Å². The lowest BCUT2D eigenvalue weighted by Gasteiger charge is -2.19. The number of thiocarbonyl (C=S) groups is 1. The molecular weight excluding hydrogens is 208 g/mol. The van der Waals surface area contributed by atoms with Gasteiger partial charge in [0, 0.05) is 6.54 Å². The van der Waals surface area contributed by atoms with E-state index in [2.05, 4.69) is 26.1 Å². The van der Waals surface area contributed by atoms with Crippen LogP contribution < -0.4 is 11.1 Å². The first-order valence-electron chi connectivity index (χ1n) is 5.48. The number of hydrogen-bond acceptors (Lipinski definition) is 2. The van der Waals surface area contributed by atoms with Crippen molar-refractivity contribution in [3.8, 4) is 0 Å². The van der Waals surface area contributed by atoms with Crippen molar-refractivity contribution in [2.24, 2.45) is 23.0 Å². The molecule has 3 N–H and O–H groups in total. The monoisotopic (exact) mass is 228 g/mol. The third-order valence-electron chi connectivity index (χ3n) is 3.38. The maximum absolute atomic E-state index is 11.8. The van der Waals surface area contributed by atoms with Crippen LogP contribution in [0.2, 0.25) is 0 Å². The number of amides is 1. The highest BCUT2D eigenvalue weighted by Crippen LogP contribution is 2.46. The van der Waals surface area contributed by atoms with Gasteiger partial charge in [0.2, 0.25) is 5.91 Å². The minimum Gasteiger partial charge on any atom is -0.392 e. The van der Waals surface area contributed by atoms with Crippen LogP contribution in [0.1, 0.15) is 33.6 Å². The molecule has 15 heavy (non-hydrogen) atoms. The van der Waals surface area contributed by atoms with Crippen molar-refractivity contribution < 1.29 is 4.79 Å². The smallest absolute Gasteiger partial charge is 0.233 e. The van der Waals surface area contributed by atoms with E-state index in [0.717, 1.165) is 12.8 Å². The van der Waals surface area contributed by atoms with Gasteiger partial charge in [-0.1, -0.05) is 33.0 Å². The Morgan fingerprint density at radius 2 is 2.00 bits per heavy atom. The summed E-state index contributed by atoms with van der Waals surface area (Å²) in [7, 11) is 0. The van der Waals surface area contributed by atoms with E-state index in [1.165, 1.54) is 0 Å². The van der Waals surface area contributed by atoms with Gasteiger partial charge in [0.25, 0.3) is 0 Å². The Kier molecular flexibility index (Phi) is 3.71. The molecule has 1 aliphatic rings. The molecule has 1 saturated carbocycles. The maximum atomic E-state index is 11.8. The summed E-state index contributed by atoms with van der Waals surface area (Å²) in [4.78, 5) is 12.2. The standard InChI is InChI=1S/C11H20N2OS/c1-7(2)8(3)6-13-10(14)11(4-5-11)9(12)15/h7-8H,4-6H2,1-3H3,(H2,12,15)(H,13,14). The van der Waals surface area contributed by atoms with E-state index in [4.69, 9.17) is 18.0 Å². The van der Waals surface area contributed by atoms with Crippen molar-refractivity contribution in [1.29, 1.82) is 0 Å². The molecule has 0 heterocycles. The minimum atomic E-state index is -0.508. The number of nitrogens with two attached hydrogens (primary N) is 1. The fourth-order valence-electron chi connectivity index (χ4n) is 1.37. The van der Waals surface area contributed by atoms with Crippen molar-refractivity contribution in [3.05, 3.63) is 0 Å². The van der Waals surface area contributed by atoms with Gasteiger partial charge in [-0.15, -0.1) is 0 Å². The summed E-state index contributed by atoms with van der Waals surface area (Å²) in [5, 5.41) is 2.94. The van der Waals surface area contributed by atoms with Crippen LogP contribution in [0.5, 0.6) is 0 Å². The van der Waals surface area contributed by atoms with Gasteiger partial charge >= 0.3 is 0 Å². The lowest BCUT2D eigenvalue weighted by molar-refractivity contribution is -0.124. The van der Waals surface area contributed by atoms with E-state index < -0.39 is 5.41 Å². The van der Waals surface area contributed by atoms with Gasteiger partial charge in [-0.25, -0.2) is 0 Å². The van der Waals surface area contributed by atoms with E-state index in [1.807, 2.05) is 0 Å². The number of carbonyl (C=O) groups is 1. The fourth-order valence-corrected chi connectivity index (χ4v) is 1.67. The second-order valence-corrected chi connectivity index (χ2v) is 5.32. The molecule has 0 spiro atoms. The molecule has 0 bridgehead atoms. The first kappa shape index (κ1) is 12.4. The summed E-state index contributed by atoms with van der Waals surface area (Å²) in [6.45, 7) is 7.14. The van der Waals surface area contributed by atoms with Crippen LogP contribution in [0.3, 0.4) is 0 Å². The van der Waals surface area contributed by atoms with E-state index >= 15 is 0 Å². The molecule has 1 fully saturated rings. The van der Waals surface area contributed by atoms with Gasteiger partial charge in [-0.05, 0) is 24.7 Å². The molecule has 1 unspecified atom stereocenters. The van der Waals surface area contributed by atoms with Crippen LogP contribution in [0.25, 0.3) is 0 Å². The van der Waals surface area contributed by atoms with Crippen LogP contribution in [-0.2, 0) is 4.79 Å². The molecular formula is C11H20N2OS. The molecule has 0 aliphatic heterocycles. The van der Waals surface area contributed by atoms with Gasteiger partial charge in [0.1, 0.15) is 0 Å². The summed E-state index contributed by atoms with van der Waals surface area (Å²) in [5.74, 6) is 1.07. The third-order valence-corrected chi connectivity index (χ3v) is 3.77. The SMILES string of the molecule is CC(C)C(C)CNC(=O)C1(C(N)=S)CC1. The number of nitrogens with one attached hydrogen (secondary N) is 1. The molecule has 0 aromatic carbocycles. The molecule has 1 aliphatic carbocycles. The van der Waals surface area contributed by atoms with E-state index in [-0.39, 0.29) is 5.91 Å². The highest BCUT2D eigenvalue weighted by molar-refractivity contribution is 7.80. The quantitative estimate of drug-likeness (QED) is 0.700. The average molecular weight is 228 g/mol. The lowest BCUT2D eigenvalue weighted by atomic mass is 9.97. The number of carbonyl (C=O) groups excluding carboxylic acids is 1. The molecule has 0 saturated heterocycles. The second kappa shape index (κ2) is 4.47. The summed E-state index contributed by atoms with van der Waals surface area (Å²) in [6.07, 6.45) is 1.62. The molecule has 0 radical (unpaired) electrons. The van der Waals surface area contributed by atoms with Crippen LogP contribution in [-0.4, -0.2) is 17.4 Å². The van der Waals surface area contributed by atoms with E-state index in [1.54, 1.807) is 0 Å². The van der Waals surface area contributed by atoms with Gasteiger partial charge in [-0.3, -0.25) is 4.79 Å². The average Bonchev–Trinajstić information content (AvgIpc) is 2.93. The highest BCUT2D eigenvalue weighted by Gasteiger charge is 2.52. The third kappa shape index (κ3) is 2.68. The summed E-state index contributed by atoms with van der Waals surface area (Å²) >= 11 is 4.92. The van der Waals surface area contributed by atoms with E-state index in [9.17, 15) is 4.79 Å². The van der Waals surface area contributed by atoms with Crippen molar-refractivity contribution >= 4 is 23.1 Å². The molecule has 1 atom stereocenters. The predicted octanol–water partition coefficient (Wildman–Crippen LogP) is 1.46. The maximum Gasteiger partial charge on any atom is 0.233 e. The molecule has 0 aromatic rings. The zero-order chi connectivity index (χ0) is 11.6. The van der Waals surface area contributed by atoms with Gasteiger partial charge < -0.3 is 11.1 Å². The summed E-state index contributed by atoms with van der Waals surface area (Å²) in [6, 6.07) is 0. The van der Waals surface area contributed by atoms with Crippen molar-refractivity contribution in [1.82, 2.24) is 5.32 Å². The van der Waals surface area contributed by atoms with Gasteiger partial charge in [0.15, 0.2) is 0 Å². The lowest BCUT2D eigenvalue weighted by Crippen LogP contribution is -2.41. The largest absolute Gasteiger partial charge is 0.392 e. The highest BCUT2D eigenvalue weighted by atomic mass is 32.1. The van der Waals surface area contributed by atoms with Crippen LogP contribution in [0.4, 0.5) is 0 Å². The van der Waals surface area contributed by atoms with Crippen molar-refractivity contribution in [3.63, 3.8) is 0 Å². The van der Waals surface area contributed by atoms with Crippen LogP contribution in [0, 0.1) is 17.3 Å². The Labute approximate surface area is 96.8 Å². The molecule has 4 heteroatoms. The molecule has 3 nitrogen and oxygen atoms in total. The number of hydrogen-bond donors (Lipinski definition) is 2. The first-order chi connectivity index (χ1) is 6.90. The Balaban J connectivity index is 2.41. The van der Waals surface area contributed by atoms with Gasteiger partial charge in [-0.2, -0.15) is 0 Å². The zero-order valence-corrected chi connectivity index (χ0v) is 10.5. The molecule has 1 rings (SSSR count). The van der Waals surface area contributed by atoms with Crippen LogP contribution >= 0.6 is 12.2 Å². The second-order valence-electron chi connectivity index (χ2n) is 4.88. The van der Waals surface area contributed by atoms with Crippen molar-refractivity contribution in [2.45, 2.75) is 33.6 Å². The Morgan fingerprint density at radius 3 is 2.33 bits per heavy atom. The predicted molar refractivity (Wildman–Crippen MR) is 65.5 cm³/mol. The molecule has 86 valence electrons. The molecule has 1 amide bonds. The zero-order valence-electron chi connectivity index (χ0n) is 9.67. The Hall–Kier alpha value is -0.640. The topological polar surface area (TPSA) is 55.1 Å². The first-order valence-corrected chi connectivity index (χ1v) is 5.89. The Morgan fingerprint density at radius 1 is 1.47 bits per heavy atom. The van der Waals surface area contributed by atoms with E-state index in [0.29, 0.717) is 23.4 Å². The van der Waals surface area contributed by atoms with Crippen LogP contribution in [0.15, 0.2) is 0 Å². The normalized spacial score (nSPS) is 19.7. The fraction of sp³-hybridized carbons (Fsp3) is 0.818. The van der Waals surface area contributed by atoms with Gasteiger partial charge in [0.05, 0.1) is 10.4 Å². The number of rotatable bonds is 5. The molecule has 0 aromatic heterocycles. The Bertz CT molecular complexity index is 272.